The molecular formula is C10H10FN3. The van der Waals surface area contributed by atoms with E-state index < -0.39 is 0 Å². The SMILES string of the molecule is Cc1ccc(F)c(-c2ncn(C)n2)c1. The first-order valence-corrected chi connectivity index (χ1v) is 4.29. The fourth-order valence-electron chi connectivity index (χ4n) is 1.27. The molecule has 0 N–H and O–H groups in total. The van der Waals surface area contributed by atoms with Crippen LogP contribution in [0, 0.1) is 12.7 Å². The molecule has 0 spiro atoms. The lowest BCUT2D eigenvalue weighted by molar-refractivity contribution is 0.629. The molecule has 4 heteroatoms. The normalized spacial score (nSPS) is 10.5. The molecule has 0 unspecified atom stereocenters. The summed E-state index contributed by atoms with van der Waals surface area (Å²) in [7, 11) is 1.75. The Morgan fingerprint density at radius 2 is 2.14 bits per heavy atom. The topological polar surface area (TPSA) is 30.7 Å². The Morgan fingerprint density at radius 3 is 2.79 bits per heavy atom. The van der Waals surface area contributed by atoms with E-state index in [-0.39, 0.29) is 5.82 Å². The predicted molar refractivity (Wildman–Crippen MR) is 51.1 cm³/mol. The van der Waals surface area contributed by atoms with Crippen LogP contribution in [-0.2, 0) is 7.05 Å². The number of halogens is 1. The Kier molecular flexibility index (Phi) is 2.04. The van der Waals surface area contributed by atoms with E-state index >= 15 is 0 Å². The smallest absolute Gasteiger partial charge is 0.184 e. The zero-order chi connectivity index (χ0) is 10.1. The standard InChI is InChI=1S/C10H10FN3/c1-7-3-4-9(11)8(5-7)10-12-6-14(2)13-10/h3-6H,1-2H3. The highest BCUT2D eigenvalue weighted by molar-refractivity contribution is 5.56. The van der Waals surface area contributed by atoms with Gasteiger partial charge in [-0.25, -0.2) is 9.37 Å². The number of hydrogen-bond donors (Lipinski definition) is 0. The molecule has 1 aromatic carbocycles. The lowest BCUT2D eigenvalue weighted by Gasteiger charge is -1.99. The van der Waals surface area contributed by atoms with Crippen molar-refractivity contribution in [2.24, 2.45) is 7.05 Å². The highest BCUT2D eigenvalue weighted by atomic mass is 19.1. The minimum absolute atomic E-state index is 0.290. The largest absolute Gasteiger partial charge is 0.255 e. The van der Waals surface area contributed by atoms with Gasteiger partial charge in [-0.2, -0.15) is 5.10 Å². The van der Waals surface area contributed by atoms with Gasteiger partial charge in [0.15, 0.2) is 5.82 Å². The number of aryl methyl sites for hydroxylation is 2. The molecule has 0 bridgehead atoms. The van der Waals surface area contributed by atoms with E-state index in [9.17, 15) is 4.39 Å². The van der Waals surface area contributed by atoms with Crippen LogP contribution >= 0.6 is 0 Å². The van der Waals surface area contributed by atoms with E-state index in [1.54, 1.807) is 30.2 Å². The van der Waals surface area contributed by atoms with Gasteiger partial charge < -0.3 is 0 Å². The zero-order valence-corrected chi connectivity index (χ0v) is 8.03. The summed E-state index contributed by atoms with van der Waals surface area (Å²) in [4.78, 5) is 4.00. The van der Waals surface area contributed by atoms with Crippen molar-refractivity contribution in [2.75, 3.05) is 0 Å². The van der Waals surface area contributed by atoms with Crippen molar-refractivity contribution in [2.45, 2.75) is 6.92 Å². The molecular weight excluding hydrogens is 181 g/mol. The van der Waals surface area contributed by atoms with Crippen LogP contribution in [0.2, 0.25) is 0 Å². The molecule has 0 radical (unpaired) electrons. The molecule has 14 heavy (non-hydrogen) atoms. The summed E-state index contributed by atoms with van der Waals surface area (Å²) in [6.45, 7) is 1.91. The van der Waals surface area contributed by atoms with Crippen molar-refractivity contribution in [1.29, 1.82) is 0 Å². The summed E-state index contributed by atoms with van der Waals surface area (Å²) in [5.41, 5.74) is 1.44. The van der Waals surface area contributed by atoms with E-state index in [0.717, 1.165) is 5.56 Å². The highest BCUT2D eigenvalue weighted by Gasteiger charge is 2.08. The van der Waals surface area contributed by atoms with Crippen LogP contribution in [0.25, 0.3) is 11.4 Å². The Labute approximate surface area is 81.2 Å². The summed E-state index contributed by atoms with van der Waals surface area (Å²) in [5, 5.41) is 4.05. The van der Waals surface area contributed by atoms with Crippen LogP contribution in [0.15, 0.2) is 24.5 Å². The molecule has 0 atom stereocenters. The van der Waals surface area contributed by atoms with E-state index in [1.165, 1.54) is 6.07 Å². The van der Waals surface area contributed by atoms with Gasteiger partial charge >= 0.3 is 0 Å². The fourth-order valence-corrected chi connectivity index (χ4v) is 1.27. The highest BCUT2D eigenvalue weighted by Crippen LogP contribution is 2.19. The van der Waals surface area contributed by atoms with Gasteiger partial charge in [-0.1, -0.05) is 11.6 Å². The Morgan fingerprint density at radius 1 is 1.36 bits per heavy atom. The first kappa shape index (κ1) is 8.87. The summed E-state index contributed by atoms with van der Waals surface area (Å²) in [6.07, 6.45) is 1.55. The molecule has 2 aromatic rings. The molecule has 0 aliphatic heterocycles. The summed E-state index contributed by atoms with van der Waals surface area (Å²) >= 11 is 0. The molecule has 0 saturated heterocycles. The zero-order valence-electron chi connectivity index (χ0n) is 8.03. The maximum atomic E-state index is 13.4. The first-order chi connectivity index (χ1) is 6.66. The van der Waals surface area contributed by atoms with Crippen LogP contribution in [0.4, 0.5) is 4.39 Å². The number of rotatable bonds is 1. The Hall–Kier alpha value is -1.71. The maximum Gasteiger partial charge on any atom is 0.184 e. The second kappa shape index (κ2) is 3.21. The van der Waals surface area contributed by atoms with Crippen molar-refractivity contribution in [1.82, 2.24) is 14.8 Å². The lowest BCUT2D eigenvalue weighted by Crippen LogP contribution is -1.91. The van der Waals surface area contributed by atoms with Crippen LogP contribution in [0.1, 0.15) is 5.56 Å². The predicted octanol–water partition coefficient (Wildman–Crippen LogP) is 1.93. The minimum atomic E-state index is -0.290. The Bertz CT molecular complexity index is 462. The molecule has 0 aliphatic rings. The van der Waals surface area contributed by atoms with Crippen molar-refractivity contribution in [3.8, 4) is 11.4 Å². The van der Waals surface area contributed by atoms with Crippen LogP contribution in [-0.4, -0.2) is 14.8 Å². The summed E-state index contributed by atoms with van der Waals surface area (Å²) < 4.78 is 14.9. The van der Waals surface area contributed by atoms with Gasteiger partial charge in [0, 0.05) is 7.05 Å². The molecule has 1 heterocycles. The van der Waals surface area contributed by atoms with E-state index in [2.05, 4.69) is 10.1 Å². The number of benzene rings is 1. The van der Waals surface area contributed by atoms with Crippen molar-refractivity contribution in [3.63, 3.8) is 0 Å². The van der Waals surface area contributed by atoms with Crippen molar-refractivity contribution in [3.05, 3.63) is 35.9 Å². The van der Waals surface area contributed by atoms with Gasteiger partial charge in [0.25, 0.3) is 0 Å². The Balaban J connectivity index is 2.55. The maximum absolute atomic E-state index is 13.4. The molecule has 72 valence electrons. The molecule has 3 nitrogen and oxygen atoms in total. The van der Waals surface area contributed by atoms with Gasteiger partial charge in [0.1, 0.15) is 12.1 Å². The fraction of sp³-hybridized carbons (Fsp3) is 0.200. The van der Waals surface area contributed by atoms with Crippen molar-refractivity contribution >= 4 is 0 Å². The summed E-state index contributed by atoms with van der Waals surface area (Å²) in [6, 6.07) is 4.90. The van der Waals surface area contributed by atoms with E-state index in [4.69, 9.17) is 0 Å². The van der Waals surface area contributed by atoms with Gasteiger partial charge in [0.2, 0.25) is 0 Å². The third-order valence-electron chi connectivity index (χ3n) is 1.96. The number of nitrogens with zero attached hydrogens (tertiary/aromatic N) is 3. The first-order valence-electron chi connectivity index (χ1n) is 4.29. The van der Waals surface area contributed by atoms with Crippen LogP contribution in [0.5, 0.6) is 0 Å². The molecule has 2 rings (SSSR count). The van der Waals surface area contributed by atoms with Gasteiger partial charge in [-0.05, 0) is 19.1 Å². The summed E-state index contributed by atoms with van der Waals surface area (Å²) in [5.74, 6) is 0.135. The minimum Gasteiger partial charge on any atom is -0.255 e. The second-order valence-corrected chi connectivity index (χ2v) is 3.23. The lowest BCUT2D eigenvalue weighted by atomic mass is 10.1. The van der Waals surface area contributed by atoms with Gasteiger partial charge in [0.05, 0.1) is 5.56 Å². The molecule has 0 fully saturated rings. The van der Waals surface area contributed by atoms with E-state index in [1.807, 2.05) is 6.92 Å². The molecule has 0 saturated carbocycles. The van der Waals surface area contributed by atoms with E-state index in [0.29, 0.717) is 11.4 Å². The molecule has 0 amide bonds. The molecule has 0 aliphatic carbocycles. The second-order valence-electron chi connectivity index (χ2n) is 3.23. The monoisotopic (exact) mass is 191 g/mol. The van der Waals surface area contributed by atoms with Gasteiger partial charge in [-0.15, -0.1) is 0 Å². The number of hydrogen-bond acceptors (Lipinski definition) is 2. The average molecular weight is 191 g/mol. The van der Waals surface area contributed by atoms with Crippen molar-refractivity contribution < 1.29 is 4.39 Å². The molecule has 1 aromatic heterocycles. The average Bonchev–Trinajstić information content (AvgIpc) is 2.56. The third-order valence-corrected chi connectivity index (χ3v) is 1.96. The third kappa shape index (κ3) is 1.51. The van der Waals surface area contributed by atoms with Gasteiger partial charge in [-0.3, -0.25) is 4.68 Å². The quantitative estimate of drug-likeness (QED) is 0.689. The van der Waals surface area contributed by atoms with Crippen LogP contribution < -0.4 is 0 Å². The van der Waals surface area contributed by atoms with Crippen LogP contribution in [0.3, 0.4) is 0 Å². The number of aromatic nitrogens is 3.